The van der Waals surface area contributed by atoms with E-state index in [1.54, 1.807) is 6.20 Å². The highest BCUT2D eigenvalue weighted by atomic mass is 16.1. The van der Waals surface area contributed by atoms with Gasteiger partial charge in [-0.1, -0.05) is 31.0 Å². The van der Waals surface area contributed by atoms with Crippen LogP contribution in [0.4, 0.5) is 0 Å². The van der Waals surface area contributed by atoms with Crippen LogP contribution in [0, 0.1) is 0 Å². The largest absolute Gasteiger partial charge is 0.325 e. The number of rotatable bonds is 3. The molecule has 2 N–H and O–H groups in total. The number of ketones is 1. The lowest BCUT2D eigenvalue weighted by Crippen LogP contribution is -2.38. The van der Waals surface area contributed by atoms with Gasteiger partial charge in [-0.15, -0.1) is 0 Å². The molecule has 19 heavy (non-hydrogen) atoms. The first-order chi connectivity index (χ1) is 9.18. The lowest BCUT2D eigenvalue weighted by molar-refractivity contribution is 0.0954. The van der Waals surface area contributed by atoms with Crippen LogP contribution in [0.1, 0.15) is 42.5 Å². The Morgan fingerprint density at radius 3 is 2.79 bits per heavy atom. The van der Waals surface area contributed by atoms with Gasteiger partial charge in [-0.2, -0.15) is 0 Å². The molecular formula is C16H18N2O. The molecule has 1 aromatic heterocycles. The molecule has 0 unspecified atom stereocenters. The van der Waals surface area contributed by atoms with E-state index in [0.717, 1.165) is 42.1 Å². The summed E-state index contributed by atoms with van der Waals surface area (Å²) in [6.45, 7) is 0. The Balaban J connectivity index is 1.93. The van der Waals surface area contributed by atoms with Crippen LogP contribution in [0.3, 0.4) is 0 Å². The molecular weight excluding hydrogens is 236 g/mol. The molecule has 0 aliphatic heterocycles. The van der Waals surface area contributed by atoms with E-state index in [2.05, 4.69) is 4.98 Å². The fourth-order valence-corrected chi connectivity index (χ4v) is 3.02. The lowest BCUT2D eigenvalue weighted by Gasteiger charge is -2.22. The van der Waals surface area contributed by atoms with Crippen LogP contribution in [0.2, 0.25) is 0 Å². The number of nitrogens with zero attached hydrogens (tertiary/aromatic N) is 1. The van der Waals surface area contributed by atoms with E-state index >= 15 is 0 Å². The van der Waals surface area contributed by atoms with Crippen molar-refractivity contribution in [3.05, 3.63) is 42.1 Å². The van der Waals surface area contributed by atoms with Crippen molar-refractivity contribution in [2.24, 2.45) is 5.73 Å². The normalized spacial score (nSPS) is 17.7. The van der Waals surface area contributed by atoms with Gasteiger partial charge in [0.25, 0.3) is 0 Å². The second-order valence-corrected chi connectivity index (χ2v) is 5.55. The second kappa shape index (κ2) is 4.74. The standard InChI is InChI=1S/C16H18N2O/c17-16(8-1-2-9-16)11-15(19)13-5-3-7-14-12(13)6-4-10-18-14/h3-7,10H,1-2,8-9,11,17H2. The molecule has 0 radical (unpaired) electrons. The number of fused-ring (bicyclic) bond motifs is 1. The van der Waals surface area contributed by atoms with Crippen molar-refractivity contribution in [2.75, 3.05) is 0 Å². The van der Waals surface area contributed by atoms with E-state index in [9.17, 15) is 4.79 Å². The monoisotopic (exact) mass is 254 g/mol. The number of Topliss-reactive ketones (excluding diaryl/α,β-unsaturated/α-hetero) is 1. The fraction of sp³-hybridized carbons (Fsp3) is 0.375. The highest BCUT2D eigenvalue weighted by Gasteiger charge is 2.32. The molecule has 2 aromatic rings. The van der Waals surface area contributed by atoms with Gasteiger partial charge in [0.1, 0.15) is 0 Å². The predicted octanol–water partition coefficient (Wildman–Crippen LogP) is 3.08. The minimum atomic E-state index is -0.290. The fourth-order valence-electron chi connectivity index (χ4n) is 3.02. The van der Waals surface area contributed by atoms with E-state index in [0.29, 0.717) is 6.42 Å². The van der Waals surface area contributed by atoms with Crippen molar-refractivity contribution in [1.82, 2.24) is 4.98 Å². The van der Waals surface area contributed by atoms with Crippen molar-refractivity contribution >= 4 is 16.7 Å². The lowest BCUT2D eigenvalue weighted by atomic mass is 9.89. The van der Waals surface area contributed by atoms with Crippen LogP contribution in [0.5, 0.6) is 0 Å². The third kappa shape index (κ3) is 2.38. The Morgan fingerprint density at radius 1 is 1.21 bits per heavy atom. The molecule has 0 atom stereocenters. The quantitative estimate of drug-likeness (QED) is 0.856. The van der Waals surface area contributed by atoms with E-state index in [4.69, 9.17) is 5.73 Å². The molecule has 3 rings (SSSR count). The van der Waals surface area contributed by atoms with Gasteiger partial charge in [-0.3, -0.25) is 9.78 Å². The Morgan fingerprint density at radius 2 is 2.00 bits per heavy atom. The topological polar surface area (TPSA) is 56.0 Å². The van der Waals surface area contributed by atoms with Gasteiger partial charge in [0.2, 0.25) is 0 Å². The van der Waals surface area contributed by atoms with Crippen molar-refractivity contribution in [3.8, 4) is 0 Å². The van der Waals surface area contributed by atoms with Gasteiger partial charge in [0.05, 0.1) is 5.52 Å². The zero-order chi connectivity index (χ0) is 13.3. The number of hydrogen-bond donors (Lipinski definition) is 1. The maximum absolute atomic E-state index is 12.5. The van der Waals surface area contributed by atoms with Crippen LogP contribution in [-0.2, 0) is 0 Å². The van der Waals surface area contributed by atoms with Crippen LogP contribution in [0.15, 0.2) is 36.5 Å². The third-order valence-corrected chi connectivity index (χ3v) is 4.06. The molecule has 0 saturated heterocycles. The van der Waals surface area contributed by atoms with Crippen molar-refractivity contribution < 1.29 is 4.79 Å². The minimum absolute atomic E-state index is 0.142. The van der Waals surface area contributed by atoms with Crippen LogP contribution in [-0.4, -0.2) is 16.3 Å². The maximum Gasteiger partial charge on any atom is 0.165 e. The van der Waals surface area contributed by atoms with E-state index in [1.807, 2.05) is 30.3 Å². The SMILES string of the molecule is NC1(CC(=O)c2cccc3ncccc23)CCCC1. The third-order valence-electron chi connectivity index (χ3n) is 4.06. The summed E-state index contributed by atoms with van der Waals surface area (Å²) >= 11 is 0. The number of benzene rings is 1. The summed E-state index contributed by atoms with van der Waals surface area (Å²) < 4.78 is 0. The van der Waals surface area contributed by atoms with Crippen LogP contribution >= 0.6 is 0 Å². The van der Waals surface area contributed by atoms with E-state index < -0.39 is 0 Å². The first-order valence-corrected chi connectivity index (χ1v) is 6.84. The number of hydrogen-bond acceptors (Lipinski definition) is 3. The number of carbonyl (C=O) groups is 1. The zero-order valence-electron chi connectivity index (χ0n) is 10.9. The number of aromatic nitrogens is 1. The first-order valence-electron chi connectivity index (χ1n) is 6.84. The molecule has 1 aliphatic carbocycles. The number of pyridine rings is 1. The summed E-state index contributed by atoms with van der Waals surface area (Å²) in [5.74, 6) is 0.142. The molecule has 1 aromatic carbocycles. The Labute approximate surface area is 112 Å². The van der Waals surface area contributed by atoms with Crippen LogP contribution in [0.25, 0.3) is 10.9 Å². The van der Waals surface area contributed by atoms with Gasteiger partial charge in [-0.25, -0.2) is 0 Å². The van der Waals surface area contributed by atoms with Gasteiger partial charge in [0, 0.05) is 29.1 Å². The highest BCUT2D eigenvalue weighted by molar-refractivity contribution is 6.07. The smallest absolute Gasteiger partial charge is 0.165 e. The van der Waals surface area contributed by atoms with Gasteiger partial charge in [0.15, 0.2) is 5.78 Å². The van der Waals surface area contributed by atoms with E-state index in [1.165, 1.54) is 0 Å². The average Bonchev–Trinajstić information content (AvgIpc) is 2.84. The predicted molar refractivity (Wildman–Crippen MR) is 76.1 cm³/mol. The summed E-state index contributed by atoms with van der Waals surface area (Å²) in [4.78, 5) is 16.8. The summed E-state index contributed by atoms with van der Waals surface area (Å²) in [6, 6.07) is 9.52. The Kier molecular flexibility index (Phi) is 3.07. The first kappa shape index (κ1) is 12.3. The molecule has 1 aliphatic rings. The second-order valence-electron chi connectivity index (χ2n) is 5.55. The molecule has 3 nitrogen and oxygen atoms in total. The summed E-state index contributed by atoms with van der Waals surface area (Å²) in [5, 5.41) is 0.927. The van der Waals surface area contributed by atoms with Gasteiger partial charge >= 0.3 is 0 Å². The molecule has 98 valence electrons. The molecule has 1 fully saturated rings. The van der Waals surface area contributed by atoms with Gasteiger partial charge < -0.3 is 5.73 Å². The zero-order valence-corrected chi connectivity index (χ0v) is 10.9. The van der Waals surface area contributed by atoms with Crippen LogP contribution < -0.4 is 5.73 Å². The Bertz CT molecular complexity index is 610. The maximum atomic E-state index is 12.5. The average molecular weight is 254 g/mol. The summed E-state index contributed by atoms with van der Waals surface area (Å²) in [7, 11) is 0. The van der Waals surface area contributed by atoms with Crippen molar-refractivity contribution in [1.29, 1.82) is 0 Å². The molecule has 1 saturated carbocycles. The van der Waals surface area contributed by atoms with Crippen molar-refractivity contribution in [2.45, 2.75) is 37.6 Å². The highest BCUT2D eigenvalue weighted by Crippen LogP contribution is 2.32. The van der Waals surface area contributed by atoms with E-state index in [-0.39, 0.29) is 11.3 Å². The molecule has 0 spiro atoms. The molecule has 1 heterocycles. The van der Waals surface area contributed by atoms with Gasteiger partial charge in [-0.05, 0) is 25.0 Å². The summed E-state index contributed by atoms with van der Waals surface area (Å²) in [5.41, 5.74) is 7.63. The molecule has 0 bridgehead atoms. The van der Waals surface area contributed by atoms with Crippen molar-refractivity contribution in [3.63, 3.8) is 0 Å². The summed E-state index contributed by atoms with van der Waals surface area (Å²) in [6.07, 6.45) is 6.39. The number of nitrogens with two attached hydrogens (primary N) is 1. The Hall–Kier alpha value is -1.74. The number of carbonyl (C=O) groups excluding carboxylic acids is 1. The molecule has 3 heteroatoms. The minimum Gasteiger partial charge on any atom is -0.325 e. The molecule has 0 amide bonds.